The predicted octanol–water partition coefficient (Wildman–Crippen LogP) is 2.65. The monoisotopic (exact) mass is 386 g/mol. The highest BCUT2D eigenvalue weighted by Gasteiger charge is 2.16. The van der Waals surface area contributed by atoms with Gasteiger partial charge >= 0.3 is 5.69 Å². The molecule has 0 aliphatic carbocycles. The lowest BCUT2D eigenvalue weighted by Gasteiger charge is -1.99. The minimum atomic E-state index is -0.400. The van der Waals surface area contributed by atoms with Crippen molar-refractivity contribution in [3.05, 3.63) is 49.2 Å². The lowest BCUT2D eigenvalue weighted by Crippen LogP contribution is -2.19. The van der Waals surface area contributed by atoms with Gasteiger partial charge in [-0.3, -0.25) is 0 Å². The average Bonchev–Trinajstić information content (AvgIpc) is 2.68. The zero-order valence-electron chi connectivity index (χ0n) is 9.82. The molecule has 0 spiro atoms. The van der Waals surface area contributed by atoms with Crippen LogP contribution in [0.3, 0.4) is 0 Å². The van der Waals surface area contributed by atoms with Gasteiger partial charge in [0.15, 0.2) is 5.65 Å². The third kappa shape index (κ3) is 2.04. The van der Waals surface area contributed by atoms with Crippen LogP contribution in [0.1, 0.15) is 5.82 Å². The van der Waals surface area contributed by atoms with Gasteiger partial charge in [0.2, 0.25) is 0 Å². The molecule has 2 aromatic heterocycles. The number of aryl methyl sites for hydroxylation is 1. The number of nitrogens with zero attached hydrogens (tertiary/aromatic N) is 3. The first-order valence-corrected chi connectivity index (χ1v) is 6.93. The molecule has 0 atom stereocenters. The molecule has 0 fully saturated rings. The molecule has 0 radical (unpaired) electrons. The first kappa shape index (κ1) is 12.6. The number of benzene rings is 1. The fraction of sp³-hybridized carbons (Fsp3) is 0.0833. The van der Waals surface area contributed by atoms with Gasteiger partial charge in [-0.15, -0.1) is 0 Å². The van der Waals surface area contributed by atoms with Gasteiger partial charge in [0.05, 0.1) is 8.59 Å². The molecule has 1 aromatic carbocycles. The predicted molar refractivity (Wildman–Crippen MR) is 81.5 cm³/mol. The normalized spacial score (nSPS) is 11.1. The van der Waals surface area contributed by atoms with Crippen LogP contribution in [0.25, 0.3) is 16.9 Å². The van der Waals surface area contributed by atoms with E-state index in [1.54, 1.807) is 13.0 Å². The number of hydrogen-bond acceptors (Lipinski definition) is 3. The van der Waals surface area contributed by atoms with Crippen molar-refractivity contribution in [2.45, 2.75) is 6.92 Å². The summed E-state index contributed by atoms with van der Waals surface area (Å²) in [4.78, 5) is 18.7. The number of hydrogen-bond donors (Lipinski definition) is 1. The average molecular weight is 387 g/mol. The number of nitrogens with one attached hydrogen (secondary N) is 1. The van der Waals surface area contributed by atoms with Gasteiger partial charge in [-0.2, -0.15) is 14.6 Å². The first-order valence-electron chi connectivity index (χ1n) is 5.48. The van der Waals surface area contributed by atoms with Crippen molar-refractivity contribution < 1.29 is 0 Å². The van der Waals surface area contributed by atoms with Gasteiger partial charge in [0.1, 0.15) is 11.5 Å². The van der Waals surface area contributed by atoms with Crippen molar-refractivity contribution in [2.24, 2.45) is 0 Å². The molecule has 1 N–H and O–H groups in total. The van der Waals surface area contributed by atoms with Crippen molar-refractivity contribution in [1.82, 2.24) is 19.6 Å². The number of fused-ring (bicyclic) bond motifs is 1. The zero-order chi connectivity index (χ0) is 13.6. The van der Waals surface area contributed by atoms with E-state index in [0.717, 1.165) is 9.13 Å². The molecule has 3 aromatic rings. The summed E-state index contributed by atoms with van der Waals surface area (Å²) in [6, 6.07) is 7.40. The summed E-state index contributed by atoms with van der Waals surface area (Å²) in [5.41, 5.74) is 1.70. The molecule has 7 heteroatoms. The molecule has 3 rings (SSSR count). The minimum Gasteiger partial charge on any atom is -0.327 e. The molecule has 5 nitrogen and oxygen atoms in total. The topological polar surface area (TPSA) is 63.1 Å². The second kappa shape index (κ2) is 4.61. The maximum absolute atomic E-state index is 11.8. The Morgan fingerprint density at radius 1 is 1.37 bits per heavy atom. The van der Waals surface area contributed by atoms with Gasteiger partial charge in [-0.25, -0.2) is 4.79 Å². The molecule has 0 aliphatic heterocycles. The van der Waals surface area contributed by atoms with Crippen LogP contribution in [0.4, 0.5) is 0 Å². The molecule has 0 aliphatic rings. The highest BCUT2D eigenvalue weighted by atomic mass is 127. The van der Waals surface area contributed by atoms with Crippen LogP contribution < -0.4 is 5.69 Å². The smallest absolute Gasteiger partial charge is 0.327 e. The summed E-state index contributed by atoms with van der Waals surface area (Å²) in [7, 11) is 0. The first-order chi connectivity index (χ1) is 9.08. The van der Waals surface area contributed by atoms with Crippen molar-refractivity contribution in [1.29, 1.82) is 0 Å². The van der Waals surface area contributed by atoms with E-state index in [4.69, 9.17) is 11.6 Å². The summed E-state index contributed by atoms with van der Waals surface area (Å²) >= 11 is 8.32. The van der Waals surface area contributed by atoms with E-state index in [1.165, 1.54) is 4.52 Å². The lowest BCUT2D eigenvalue weighted by molar-refractivity contribution is 0.822. The van der Waals surface area contributed by atoms with E-state index in [2.05, 4.69) is 37.7 Å². The standard InChI is InChI=1S/C12H8ClIN4O/c1-6-15-11-9(14)10(17-18(11)12(19)16-6)7-4-2-3-5-8(7)13/h2-5H,1H3,(H,15,16,19). The Balaban J connectivity index is 2.39. The lowest BCUT2D eigenvalue weighted by atomic mass is 10.1. The maximum atomic E-state index is 11.8. The maximum Gasteiger partial charge on any atom is 0.371 e. The summed E-state index contributed by atoms with van der Waals surface area (Å²) in [5.74, 6) is 0.557. The third-order valence-corrected chi connectivity index (χ3v) is 4.05. The van der Waals surface area contributed by atoms with Crippen LogP contribution in [0.2, 0.25) is 5.02 Å². The van der Waals surface area contributed by atoms with Gasteiger partial charge in [0, 0.05) is 5.56 Å². The van der Waals surface area contributed by atoms with Crippen molar-refractivity contribution in [3.63, 3.8) is 0 Å². The van der Waals surface area contributed by atoms with Crippen molar-refractivity contribution in [3.8, 4) is 11.3 Å². The third-order valence-electron chi connectivity index (χ3n) is 2.70. The SMILES string of the molecule is Cc1nc(=O)n2nc(-c3ccccc3Cl)c(I)c2[nH]1. The van der Waals surface area contributed by atoms with Crippen LogP contribution >= 0.6 is 34.2 Å². The number of halogens is 2. The van der Waals surface area contributed by atoms with E-state index in [1.807, 2.05) is 18.2 Å². The minimum absolute atomic E-state index is 0.400. The Morgan fingerprint density at radius 2 is 2.11 bits per heavy atom. The molecule has 0 amide bonds. The molecule has 0 unspecified atom stereocenters. The number of rotatable bonds is 1. The van der Waals surface area contributed by atoms with Gasteiger partial charge < -0.3 is 4.98 Å². The quantitative estimate of drug-likeness (QED) is 0.654. The number of aromatic amines is 1. The van der Waals surface area contributed by atoms with Crippen molar-refractivity contribution in [2.75, 3.05) is 0 Å². The highest BCUT2D eigenvalue weighted by molar-refractivity contribution is 14.1. The Hall–Kier alpha value is -1.41. The summed E-state index contributed by atoms with van der Waals surface area (Å²) in [5, 5.41) is 4.90. The summed E-state index contributed by atoms with van der Waals surface area (Å²) in [6.45, 7) is 1.74. The molecular weight excluding hydrogens is 379 g/mol. The van der Waals surface area contributed by atoms with Crippen LogP contribution in [0.15, 0.2) is 29.1 Å². The van der Waals surface area contributed by atoms with Crippen LogP contribution in [0, 0.1) is 10.5 Å². The van der Waals surface area contributed by atoms with Crippen molar-refractivity contribution >= 4 is 39.8 Å². The van der Waals surface area contributed by atoms with Gasteiger partial charge in [-0.1, -0.05) is 29.8 Å². The molecule has 2 heterocycles. The van der Waals surface area contributed by atoms with Crippen LogP contribution in [-0.2, 0) is 0 Å². The number of H-pyrrole nitrogens is 1. The Kier molecular flexibility index (Phi) is 3.06. The second-order valence-corrected chi connectivity index (χ2v) is 5.49. The highest BCUT2D eigenvalue weighted by Crippen LogP contribution is 2.31. The zero-order valence-corrected chi connectivity index (χ0v) is 12.7. The Bertz CT molecular complexity index is 839. The molecule has 0 bridgehead atoms. The van der Waals surface area contributed by atoms with Crippen LogP contribution in [-0.4, -0.2) is 19.6 Å². The molecule has 19 heavy (non-hydrogen) atoms. The van der Waals surface area contributed by atoms with Gasteiger partial charge in [-0.05, 0) is 35.6 Å². The summed E-state index contributed by atoms with van der Waals surface area (Å²) in [6.07, 6.45) is 0. The molecule has 96 valence electrons. The van der Waals surface area contributed by atoms with E-state index in [9.17, 15) is 4.79 Å². The Morgan fingerprint density at radius 3 is 2.84 bits per heavy atom. The van der Waals surface area contributed by atoms with E-state index in [0.29, 0.717) is 22.2 Å². The fourth-order valence-electron chi connectivity index (χ4n) is 1.86. The summed E-state index contributed by atoms with van der Waals surface area (Å²) < 4.78 is 2.10. The number of aromatic nitrogens is 4. The molecular formula is C12H8ClIN4O. The largest absolute Gasteiger partial charge is 0.371 e. The van der Waals surface area contributed by atoms with Gasteiger partial charge in [0.25, 0.3) is 0 Å². The van der Waals surface area contributed by atoms with Crippen LogP contribution in [0.5, 0.6) is 0 Å². The van der Waals surface area contributed by atoms with E-state index >= 15 is 0 Å². The van der Waals surface area contributed by atoms with E-state index in [-0.39, 0.29) is 0 Å². The van der Waals surface area contributed by atoms with E-state index < -0.39 is 5.69 Å². The Labute approximate surface area is 126 Å². The molecule has 0 saturated heterocycles. The molecule has 0 saturated carbocycles. The fourth-order valence-corrected chi connectivity index (χ4v) is 2.85. The second-order valence-electron chi connectivity index (χ2n) is 4.01.